The first-order valence-corrected chi connectivity index (χ1v) is 43.2. The van der Waals surface area contributed by atoms with Crippen molar-refractivity contribution < 1.29 is 9.59 Å². The highest BCUT2D eigenvalue weighted by molar-refractivity contribution is 6.05. The van der Waals surface area contributed by atoms with E-state index in [2.05, 4.69) is 65.2 Å². The van der Waals surface area contributed by atoms with Crippen molar-refractivity contribution in [1.29, 1.82) is 0 Å². The van der Waals surface area contributed by atoms with Crippen molar-refractivity contribution >= 4 is 11.8 Å². The summed E-state index contributed by atoms with van der Waals surface area (Å²) in [6.07, 6.45) is 86.2. The quantitative estimate of drug-likeness (QED) is 0.0610. The van der Waals surface area contributed by atoms with Gasteiger partial charge in [0.05, 0.1) is 0 Å². The summed E-state index contributed by atoms with van der Waals surface area (Å²) in [5.41, 5.74) is 7.70. The number of unbranched alkanes of at least 4 members (excludes halogenated alkanes) is 56. The molecular weight excluding hydrogens is 1120 g/mol. The van der Waals surface area contributed by atoms with Gasteiger partial charge in [-0.25, -0.2) is 0 Å². The van der Waals surface area contributed by atoms with Crippen LogP contribution in [0.2, 0.25) is 0 Å². The maximum Gasteiger partial charge on any atom is 0.254 e. The molecule has 4 heteroatoms. The Labute approximate surface area is 579 Å². The molecule has 0 heterocycles. The summed E-state index contributed by atoms with van der Waals surface area (Å²) >= 11 is 0. The lowest BCUT2D eigenvalue weighted by Gasteiger charge is -2.32. The Morgan fingerprint density at radius 2 is 0.315 bits per heavy atom. The minimum absolute atomic E-state index is 0.322. The van der Waals surface area contributed by atoms with Gasteiger partial charge in [0, 0.05) is 37.3 Å². The van der Waals surface area contributed by atoms with Gasteiger partial charge in [0.1, 0.15) is 0 Å². The molecule has 2 amide bonds. The first-order valence-electron chi connectivity index (χ1n) is 43.2. The zero-order valence-electron chi connectivity index (χ0n) is 64.6. The highest BCUT2D eigenvalue weighted by Gasteiger charge is 2.33. The van der Waals surface area contributed by atoms with Crippen molar-refractivity contribution in [1.82, 2.24) is 9.80 Å². The van der Waals surface area contributed by atoms with Gasteiger partial charge in [-0.3, -0.25) is 9.59 Å². The lowest BCUT2D eigenvalue weighted by atomic mass is 9.78. The summed E-state index contributed by atoms with van der Waals surface area (Å²) in [6.45, 7) is 22.1. The molecule has 1 rings (SSSR count). The fraction of sp³-hybridized carbons (Fsp3) is 0.909. The number of amides is 2. The Kier molecular flexibility index (Phi) is 66.2. The van der Waals surface area contributed by atoms with E-state index in [9.17, 15) is 0 Å². The molecule has 0 aliphatic heterocycles. The molecule has 0 spiro atoms. The van der Waals surface area contributed by atoms with Gasteiger partial charge in [0.15, 0.2) is 0 Å². The summed E-state index contributed by atoms with van der Waals surface area (Å²) in [6, 6.07) is 0. The van der Waals surface area contributed by atoms with Crippen LogP contribution in [0.4, 0.5) is 0 Å². The fourth-order valence-electron chi connectivity index (χ4n) is 15.0. The monoisotopic (exact) mass is 1290 g/mol. The Morgan fingerprint density at radius 3 is 0.500 bits per heavy atom. The van der Waals surface area contributed by atoms with Crippen molar-refractivity contribution in [3.05, 3.63) is 33.4 Å². The lowest BCUT2D eigenvalue weighted by molar-refractivity contribution is 0.0743. The van der Waals surface area contributed by atoms with Crippen LogP contribution in [0, 0.1) is 0 Å². The van der Waals surface area contributed by atoms with Crippen LogP contribution in [0.5, 0.6) is 0 Å². The maximum absolute atomic E-state index is 16.9. The molecule has 0 N–H and O–H groups in total. The summed E-state index contributed by atoms with van der Waals surface area (Å²) in [5, 5.41) is 0. The van der Waals surface area contributed by atoms with E-state index in [1.54, 1.807) is 0 Å². The van der Waals surface area contributed by atoms with E-state index in [4.69, 9.17) is 0 Å². The van der Waals surface area contributed by atoms with Gasteiger partial charge in [-0.05, 0) is 99.3 Å². The second-order valence-corrected chi connectivity index (χ2v) is 30.0. The standard InChI is InChI=1S/C88H168N2O2/c1-9-17-25-33-41-49-57-65-73-81-82(74-66-58-50-42-34-26-18-10-2)85(87(91)89(77-69-61-53-45-37-29-21-13-5)78-70-62-54-46-38-30-22-14-6)84(76-68-60-52-44-36-28-20-12-4)86(83(81)75-67-59-51-43-35-27-19-11-3)88(92)90(79-71-63-55-47-39-31-23-15-7)80-72-64-56-48-40-32-24-16-8/h9-80H2,1-8H3. The zero-order chi connectivity index (χ0) is 66.7. The molecule has 4 nitrogen and oxygen atoms in total. The highest BCUT2D eigenvalue weighted by atomic mass is 16.2. The van der Waals surface area contributed by atoms with Gasteiger partial charge in [0.25, 0.3) is 11.8 Å². The molecule has 0 atom stereocenters. The van der Waals surface area contributed by atoms with Crippen LogP contribution in [0.15, 0.2) is 0 Å². The molecule has 92 heavy (non-hydrogen) atoms. The molecule has 0 fully saturated rings. The molecule has 0 bridgehead atoms. The molecule has 1 aromatic rings. The van der Waals surface area contributed by atoms with Crippen LogP contribution in [-0.2, 0) is 25.7 Å². The SMILES string of the molecule is CCCCCCCCCCc1c(CCCCCCCCCC)c(C(=O)N(CCCCCCCCCC)CCCCCCCCCC)c(CCCCCCCCCC)c(C(=O)N(CCCCCCCCCC)CCCCCCCCCC)c1CCCCCCCCCC. The van der Waals surface area contributed by atoms with Crippen molar-refractivity contribution in [2.24, 2.45) is 0 Å². The molecule has 0 saturated heterocycles. The van der Waals surface area contributed by atoms with E-state index < -0.39 is 0 Å². The van der Waals surface area contributed by atoms with Crippen LogP contribution in [0.25, 0.3) is 0 Å². The Bertz CT molecular complexity index is 1580. The van der Waals surface area contributed by atoms with Gasteiger partial charge in [0.2, 0.25) is 0 Å². The summed E-state index contributed by atoms with van der Waals surface area (Å²) in [4.78, 5) is 38.7. The Morgan fingerprint density at radius 1 is 0.174 bits per heavy atom. The first kappa shape index (κ1) is 88.2. The molecule has 0 saturated carbocycles. The lowest BCUT2D eigenvalue weighted by Crippen LogP contribution is -2.38. The van der Waals surface area contributed by atoms with E-state index in [1.807, 2.05) is 0 Å². The number of hydrogen-bond donors (Lipinski definition) is 0. The fourth-order valence-corrected chi connectivity index (χ4v) is 15.0. The molecule has 0 aliphatic carbocycles. The molecule has 0 aliphatic rings. The average molecular weight is 1290 g/mol. The van der Waals surface area contributed by atoms with Crippen LogP contribution in [0.1, 0.15) is 509 Å². The number of nitrogens with zero attached hydrogens (tertiary/aromatic N) is 2. The van der Waals surface area contributed by atoms with E-state index in [0.717, 1.165) is 108 Å². The predicted octanol–water partition coefficient (Wildman–Crippen LogP) is 29.9. The van der Waals surface area contributed by atoms with E-state index >= 15 is 9.59 Å². The second kappa shape index (κ2) is 69.1. The first-order chi connectivity index (χ1) is 45.4. The summed E-state index contributed by atoms with van der Waals surface area (Å²) in [7, 11) is 0. The number of benzene rings is 1. The number of hydrogen-bond acceptors (Lipinski definition) is 2. The van der Waals surface area contributed by atoms with E-state index in [1.165, 1.54) is 388 Å². The normalized spacial score (nSPS) is 11.7. The van der Waals surface area contributed by atoms with Crippen molar-refractivity contribution in [2.75, 3.05) is 26.2 Å². The molecular formula is C88H168N2O2. The topological polar surface area (TPSA) is 40.6 Å². The zero-order valence-corrected chi connectivity index (χ0v) is 64.6. The molecule has 0 radical (unpaired) electrons. The van der Waals surface area contributed by atoms with Gasteiger partial charge in [-0.1, -0.05) is 415 Å². The molecule has 1 aromatic carbocycles. The number of rotatable bonds is 74. The summed E-state index contributed by atoms with van der Waals surface area (Å²) < 4.78 is 0. The largest absolute Gasteiger partial charge is 0.339 e. The average Bonchev–Trinajstić information content (AvgIpc) is 0.848. The summed E-state index contributed by atoms with van der Waals surface area (Å²) in [5.74, 6) is 0.644. The van der Waals surface area contributed by atoms with Gasteiger partial charge in [-0.2, -0.15) is 0 Å². The van der Waals surface area contributed by atoms with Gasteiger partial charge in [-0.15, -0.1) is 0 Å². The number of carbonyl (C=O) groups excluding carboxylic acids is 2. The maximum atomic E-state index is 16.9. The van der Waals surface area contributed by atoms with E-state index in [-0.39, 0.29) is 0 Å². The van der Waals surface area contributed by atoms with Crippen molar-refractivity contribution in [3.8, 4) is 0 Å². The predicted molar refractivity (Wildman–Crippen MR) is 414 cm³/mol. The second-order valence-electron chi connectivity index (χ2n) is 30.0. The highest BCUT2D eigenvalue weighted by Crippen LogP contribution is 2.37. The van der Waals surface area contributed by atoms with E-state index in [0.29, 0.717) is 11.8 Å². The molecule has 0 unspecified atom stereocenters. The molecule has 542 valence electrons. The number of carbonyl (C=O) groups is 2. The third-order valence-electron chi connectivity index (χ3n) is 21.2. The van der Waals surface area contributed by atoms with Crippen molar-refractivity contribution in [2.45, 2.75) is 492 Å². The third kappa shape index (κ3) is 48.0. The minimum atomic E-state index is 0.322. The van der Waals surface area contributed by atoms with Crippen LogP contribution < -0.4 is 0 Å². The minimum Gasteiger partial charge on any atom is -0.339 e. The van der Waals surface area contributed by atoms with Crippen LogP contribution >= 0.6 is 0 Å². The van der Waals surface area contributed by atoms with Gasteiger partial charge < -0.3 is 9.80 Å². The van der Waals surface area contributed by atoms with Crippen LogP contribution in [0.3, 0.4) is 0 Å². The van der Waals surface area contributed by atoms with Crippen LogP contribution in [-0.4, -0.2) is 47.8 Å². The van der Waals surface area contributed by atoms with Gasteiger partial charge >= 0.3 is 0 Å². The Hall–Kier alpha value is -1.84. The third-order valence-corrected chi connectivity index (χ3v) is 21.2. The Balaban J connectivity index is 4.54. The molecule has 0 aromatic heterocycles. The smallest absolute Gasteiger partial charge is 0.254 e. The van der Waals surface area contributed by atoms with Crippen molar-refractivity contribution in [3.63, 3.8) is 0 Å².